The lowest BCUT2D eigenvalue weighted by molar-refractivity contribution is -0.122. The number of rotatable bonds is 6. The number of halogens is 1. The van der Waals surface area contributed by atoms with E-state index in [0.29, 0.717) is 20.2 Å². The van der Waals surface area contributed by atoms with E-state index in [1.54, 1.807) is 12.1 Å². The highest BCUT2D eigenvalue weighted by atomic mass is 35.5. The van der Waals surface area contributed by atoms with Crippen LogP contribution in [-0.2, 0) is 20.6 Å². The van der Waals surface area contributed by atoms with Gasteiger partial charge in [0.15, 0.2) is 10.4 Å². The van der Waals surface area contributed by atoms with Crippen molar-refractivity contribution in [1.29, 1.82) is 0 Å². The molecule has 2 heterocycles. The summed E-state index contributed by atoms with van der Waals surface area (Å²) in [6.45, 7) is -0.174. The van der Waals surface area contributed by atoms with Crippen molar-refractivity contribution in [3.05, 3.63) is 59.1 Å². The van der Waals surface area contributed by atoms with Crippen molar-refractivity contribution in [3.8, 4) is 5.75 Å². The van der Waals surface area contributed by atoms with Crippen molar-refractivity contribution in [2.24, 2.45) is 0 Å². The molecule has 0 saturated carbocycles. The molecule has 0 radical (unpaired) electrons. The molecule has 0 spiro atoms. The lowest BCUT2D eigenvalue weighted by atomic mass is 10.2. The third kappa shape index (κ3) is 5.29. The fourth-order valence-electron chi connectivity index (χ4n) is 2.90. The van der Waals surface area contributed by atoms with Gasteiger partial charge in [-0.25, -0.2) is 8.42 Å². The molecule has 12 heteroatoms. The zero-order chi connectivity index (χ0) is 22.0. The highest BCUT2D eigenvalue weighted by Crippen LogP contribution is 2.37. The van der Waals surface area contributed by atoms with Gasteiger partial charge in [0.2, 0.25) is 15.2 Å². The van der Waals surface area contributed by atoms with E-state index in [4.69, 9.17) is 16.3 Å². The molecular formula is C19H17ClN4O4S3. The van der Waals surface area contributed by atoms with Crippen LogP contribution >= 0.6 is 34.7 Å². The summed E-state index contributed by atoms with van der Waals surface area (Å²) in [5, 5.41) is 11.4. The number of hydrogen-bond acceptors (Lipinski definition) is 8. The van der Waals surface area contributed by atoms with Gasteiger partial charge in [0.25, 0.3) is 5.91 Å². The summed E-state index contributed by atoms with van der Waals surface area (Å²) in [6, 6.07) is 14.5. The first kappa shape index (κ1) is 21.9. The first-order valence-electron chi connectivity index (χ1n) is 9.04. The summed E-state index contributed by atoms with van der Waals surface area (Å²) in [4.78, 5) is 12.8. The summed E-state index contributed by atoms with van der Waals surface area (Å²) in [5.74, 6) is 0.486. The van der Waals surface area contributed by atoms with Crippen LogP contribution in [0.1, 0.15) is 5.56 Å². The van der Waals surface area contributed by atoms with Gasteiger partial charge in [0.1, 0.15) is 5.75 Å². The number of carbonyl (C=O) groups is 1. The zero-order valence-corrected chi connectivity index (χ0v) is 19.4. The van der Waals surface area contributed by atoms with Crippen LogP contribution in [0.3, 0.4) is 0 Å². The van der Waals surface area contributed by atoms with Crippen LogP contribution in [0.25, 0.3) is 0 Å². The van der Waals surface area contributed by atoms with Crippen molar-refractivity contribution in [1.82, 2.24) is 10.2 Å². The van der Waals surface area contributed by atoms with Gasteiger partial charge in [-0.05, 0) is 23.8 Å². The number of fused-ring (bicyclic) bond motifs is 1. The molecular weight excluding hydrogens is 480 g/mol. The number of amides is 1. The normalized spacial score (nSPS) is 15.8. The second kappa shape index (κ2) is 9.03. The lowest BCUT2D eigenvalue weighted by Gasteiger charge is -2.33. The van der Waals surface area contributed by atoms with Crippen molar-refractivity contribution in [2.75, 3.05) is 22.4 Å². The van der Waals surface area contributed by atoms with Crippen molar-refractivity contribution in [2.45, 2.75) is 16.2 Å². The third-order valence-corrected chi connectivity index (χ3v) is 7.75. The van der Waals surface area contributed by atoms with E-state index in [1.807, 2.05) is 30.3 Å². The van der Waals surface area contributed by atoms with E-state index in [-0.39, 0.29) is 12.3 Å². The van der Waals surface area contributed by atoms with Crippen LogP contribution in [-0.4, -0.2) is 43.4 Å². The Morgan fingerprint density at radius 1 is 1.29 bits per heavy atom. The number of anilines is 2. The van der Waals surface area contributed by atoms with Crippen LogP contribution < -0.4 is 14.4 Å². The molecule has 0 bridgehead atoms. The molecule has 1 aromatic heterocycles. The average Bonchev–Trinajstić information content (AvgIpc) is 3.18. The molecule has 0 saturated heterocycles. The van der Waals surface area contributed by atoms with E-state index < -0.39 is 22.0 Å². The van der Waals surface area contributed by atoms with Crippen molar-refractivity contribution < 1.29 is 17.9 Å². The van der Waals surface area contributed by atoms with Gasteiger partial charge < -0.3 is 4.74 Å². The quantitative estimate of drug-likeness (QED) is 0.410. The number of nitrogens with one attached hydrogen (secondary N) is 1. The molecule has 1 aliphatic heterocycles. The third-order valence-electron chi connectivity index (χ3n) is 4.33. The minimum Gasteiger partial charge on any atom is -0.476 e. The number of carbonyl (C=O) groups excluding carboxylic acids is 1. The van der Waals surface area contributed by atoms with E-state index in [9.17, 15) is 13.2 Å². The smallest absolute Gasteiger partial charge is 0.269 e. The monoisotopic (exact) mass is 496 g/mol. The molecule has 162 valence electrons. The Kier molecular flexibility index (Phi) is 6.37. The number of nitrogens with zero attached hydrogens (tertiary/aromatic N) is 3. The van der Waals surface area contributed by atoms with Crippen LogP contribution in [0, 0.1) is 0 Å². The maximum atomic E-state index is 12.8. The van der Waals surface area contributed by atoms with Crippen LogP contribution in [0.5, 0.6) is 5.75 Å². The molecule has 1 aliphatic rings. The van der Waals surface area contributed by atoms with Gasteiger partial charge in [-0.15, -0.1) is 10.2 Å². The number of ether oxygens (including phenoxy) is 1. The molecule has 3 aromatic rings. The predicted octanol–water partition coefficient (Wildman–Crippen LogP) is 3.65. The summed E-state index contributed by atoms with van der Waals surface area (Å²) in [6.07, 6.45) is 0.0200. The molecule has 8 nitrogen and oxygen atoms in total. The van der Waals surface area contributed by atoms with Gasteiger partial charge >= 0.3 is 0 Å². The Balaban J connectivity index is 1.44. The number of aromatic nitrogens is 2. The largest absolute Gasteiger partial charge is 0.476 e. The molecule has 31 heavy (non-hydrogen) atoms. The maximum absolute atomic E-state index is 12.8. The highest BCUT2D eigenvalue weighted by molar-refractivity contribution is 8.00. The van der Waals surface area contributed by atoms with Crippen molar-refractivity contribution in [3.63, 3.8) is 0 Å². The molecule has 0 fully saturated rings. The van der Waals surface area contributed by atoms with E-state index in [0.717, 1.165) is 21.9 Å². The summed E-state index contributed by atoms with van der Waals surface area (Å²) in [7, 11) is -3.64. The molecule has 0 aliphatic carbocycles. The van der Waals surface area contributed by atoms with Crippen molar-refractivity contribution >= 4 is 61.4 Å². The Bertz CT molecular complexity index is 1200. The SMILES string of the molecule is CS(=O)(=O)N1C[C@@H](C(=O)Nc2nnc(SCc3ccccc3)s2)Oc2ccc(Cl)cc21. The summed E-state index contributed by atoms with van der Waals surface area (Å²) < 4.78 is 32.1. The second-order valence-corrected chi connectivity index (χ2v) is 11.2. The Hall–Kier alpha value is -2.34. The first-order chi connectivity index (χ1) is 14.8. The predicted molar refractivity (Wildman–Crippen MR) is 123 cm³/mol. The first-order valence-corrected chi connectivity index (χ1v) is 13.1. The zero-order valence-electron chi connectivity index (χ0n) is 16.2. The molecule has 0 unspecified atom stereocenters. The maximum Gasteiger partial charge on any atom is 0.269 e. The van der Waals surface area contributed by atoms with Crippen LogP contribution in [0.15, 0.2) is 52.9 Å². The van der Waals surface area contributed by atoms with Gasteiger partial charge in [0, 0.05) is 10.8 Å². The van der Waals surface area contributed by atoms with Gasteiger partial charge in [-0.1, -0.05) is 65.0 Å². The Morgan fingerprint density at radius 3 is 2.81 bits per heavy atom. The topological polar surface area (TPSA) is 101 Å². The lowest BCUT2D eigenvalue weighted by Crippen LogP contribution is -2.48. The van der Waals surface area contributed by atoms with E-state index in [1.165, 1.54) is 29.2 Å². The molecule has 1 N–H and O–H groups in total. The molecule has 1 atom stereocenters. The molecule has 1 amide bonds. The van der Waals surface area contributed by atoms with Crippen LogP contribution in [0.2, 0.25) is 5.02 Å². The van der Waals surface area contributed by atoms with E-state index >= 15 is 0 Å². The summed E-state index contributed by atoms with van der Waals surface area (Å²) >= 11 is 8.75. The summed E-state index contributed by atoms with van der Waals surface area (Å²) in [5.41, 5.74) is 1.46. The minimum atomic E-state index is -3.64. The fourth-order valence-corrected chi connectivity index (χ4v) is 5.68. The Labute approximate surface area is 192 Å². The Morgan fingerprint density at radius 2 is 2.06 bits per heavy atom. The number of benzene rings is 2. The molecule has 2 aromatic carbocycles. The standard InChI is InChI=1S/C19H17ClN4O4S3/c1-31(26,27)24-10-16(28-15-8-7-13(20)9-14(15)24)17(25)21-18-22-23-19(30-18)29-11-12-5-3-2-4-6-12/h2-9,16H,10-11H2,1H3,(H,21,22,25)/t16-/m0/s1. The highest BCUT2D eigenvalue weighted by Gasteiger charge is 2.35. The molecule has 4 rings (SSSR count). The second-order valence-electron chi connectivity index (χ2n) is 6.65. The fraction of sp³-hybridized carbons (Fsp3) is 0.211. The number of thioether (sulfide) groups is 1. The minimum absolute atomic E-state index is 0.174. The number of sulfonamides is 1. The van der Waals surface area contributed by atoms with Gasteiger partial charge in [-0.2, -0.15) is 0 Å². The average molecular weight is 497 g/mol. The van der Waals surface area contributed by atoms with E-state index in [2.05, 4.69) is 15.5 Å². The van der Waals surface area contributed by atoms with Gasteiger partial charge in [0.05, 0.1) is 18.5 Å². The van der Waals surface area contributed by atoms with Crippen LogP contribution in [0.4, 0.5) is 10.8 Å². The van der Waals surface area contributed by atoms with Gasteiger partial charge in [-0.3, -0.25) is 14.4 Å². The number of hydrogen-bond donors (Lipinski definition) is 1.